The molecule has 0 aromatic carbocycles. The van der Waals surface area contributed by atoms with Crippen LogP contribution in [0.4, 0.5) is 0 Å². The van der Waals surface area contributed by atoms with Crippen molar-refractivity contribution in [3.63, 3.8) is 0 Å². The molecule has 0 spiro atoms. The Hall–Kier alpha value is -0.350. The molecule has 0 aliphatic rings. The van der Waals surface area contributed by atoms with Crippen LogP contribution in [0.5, 0.6) is 0 Å². The molecular weight excluding hydrogens is 246 g/mol. The molecule has 3 nitrogen and oxygen atoms in total. The van der Waals surface area contributed by atoms with Crippen molar-refractivity contribution in [2.45, 2.75) is 32.7 Å². The lowest BCUT2D eigenvalue weighted by atomic mass is 10.1. The lowest BCUT2D eigenvalue weighted by Crippen LogP contribution is -2.43. The molecule has 0 saturated carbocycles. The van der Waals surface area contributed by atoms with Gasteiger partial charge in [0.2, 0.25) is 0 Å². The summed E-state index contributed by atoms with van der Waals surface area (Å²) in [5.41, 5.74) is -0.0356. The maximum Gasteiger partial charge on any atom is 0.304 e. The topological polar surface area (TPSA) is 40.5 Å². The van der Waals surface area contributed by atoms with E-state index < -0.39 is 5.97 Å². The van der Waals surface area contributed by atoms with Crippen molar-refractivity contribution in [1.82, 2.24) is 4.90 Å². The number of rotatable bonds is 5. The van der Waals surface area contributed by atoms with Crippen LogP contribution in [-0.2, 0) is 4.79 Å². The van der Waals surface area contributed by atoms with Gasteiger partial charge < -0.3 is 5.11 Å². The summed E-state index contributed by atoms with van der Waals surface area (Å²) in [5, 5.41) is 8.60. The van der Waals surface area contributed by atoms with E-state index in [-0.39, 0.29) is 12.0 Å². The Bertz CT molecular complexity index is 221. The molecule has 0 heterocycles. The van der Waals surface area contributed by atoms with Crippen LogP contribution in [0.1, 0.15) is 27.2 Å². The first-order valence-electron chi connectivity index (χ1n) is 4.53. The molecule has 0 bridgehead atoms. The maximum absolute atomic E-state index is 10.5. The molecular formula is C10H18BrNO2. The van der Waals surface area contributed by atoms with Crippen molar-refractivity contribution in [3.05, 3.63) is 11.1 Å². The number of carbonyl (C=O) groups is 1. The Labute approximate surface area is 93.9 Å². The van der Waals surface area contributed by atoms with Gasteiger partial charge in [0, 0.05) is 23.1 Å². The van der Waals surface area contributed by atoms with E-state index in [1.807, 2.05) is 0 Å². The summed E-state index contributed by atoms with van der Waals surface area (Å²) >= 11 is 3.29. The second-order valence-electron chi connectivity index (χ2n) is 4.25. The van der Waals surface area contributed by atoms with Crippen LogP contribution >= 0.6 is 15.9 Å². The van der Waals surface area contributed by atoms with Gasteiger partial charge in [-0.25, -0.2) is 0 Å². The van der Waals surface area contributed by atoms with E-state index in [1.54, 1.807) is 0 Å². The van der Waals surface area contributed by atoms with Crippen LogP contribution in [0.25, 0.3) is 0 Å². The molecule has 14 heavy (non-hydrogen) atoms. The maximum atomic E-state index is 10.5. The Kier molecular flexibility index (Phi) is 5.37. The van der Waals surface area contributed by atoms with Gasteiger partial charge in [0.05, 0.1) is 6.42 Å². The van der Waals surface area contributed by atoms with Crippen molar-refractivity contribution < 1.29 is 9.90 Å². The first kappa shape index (κ1) is 13.7. The van der Waals surface area contributed by atoms with E-state index in [9.17, 15) is 4.79 Å². The van der Waals surface area contributed by atoms with Crippen molar-refractivity contribution in [2.24, 2.45) is 0 Å². The van der Waals surface area contributed by atoms with Gasteiger partial charge in [-0.1, -0.05) is 22.5 Å². The minimum absolute atomic E-state index is 0.0356. The molecule has 4 heteroatoms. The van der Waals surface area contributed by atoms with E-state index >= 15 is 0 Å². The van der Waals surface area contributed by atoms with Crippen molar-refractivity contribution >= 4 is 21.9 Å². The molecule has 0 aromatic heterocycles. The lowest BCUT2D eigenvalue weighted by molar-refractivity contribution is -0.137. The summed E-state index contributed by atoms with van der Waals surface area (Å²) in [6, 6.07) is 0. The zero-order valence-electron chi connectivity index (χ0n) is 9.01. The second-order valence-corrected chi connectivity index (χ2v) is 5.37. The third-order valence-electron chi connectivity index (χ3n) is 1.91. The van der Waals surface area contributed by atoms with Gasteiger partial charge >= 0.3 is 5.97 Å². The first-order valence-corrected chi connectivity index (χ1v) is 5.33. The zero-order chi connectivity index (χ0) is 11.4. The number of carboxylic acids is 1. The minimum atomic E-state index is -0.764. The van der Waals surface area contributed by atoms with Crippen molar-refractivity contribution in [2.75, 3.05) is 13.1 Å². The highest BCUT2D eigenvalue weighted by Crippen LogP contribution is 2.17. The van der Waals surface area contributed by atoms with Gasteiger partial charge in [0.1, 0.15) is 0 Å². The summed E-state index contributed by atoms with van der Waals surface area (Å²) in [5.74, 6) is -0.764. The van der Waals surface area contributed by atoms with E-state index in [4.69, 9.17) is 5.11 Å². The Morgan fingerprint density at radius 1 is 1.50 bits per heavy atom. The quantitative estimate of drug-likeness (QED) is 0.829. The monoisotopic (exact) mass is 263 g/mol. The van der Waals surface area contributed by atoms with Gasteiger partial charge in [-0.05, 0) is 20.8 Å². The van der Waals surface area contributed by atoms with Crippen LogP contribution in [0.15, 0.2) is 11.1 Å². The number of halogens is 1. The lowest BCUT2D eigenvalue weighted by Gasteiger charge is -2.35. The third-order valence-corrected chi connectivity index (χ3v) is 2.16. The molecule has 0 fully saturated rings. The predicted octanol–water partition coefficient (Wildman–Crippen LogP) is 2.47. The van der Waals surface area contributed by atoms with Crippen LogP contribution in [0, 0.1) is 0 Å². The molecule has 0 aromatic rings. The fourth-order valence-electron chi connectivity index (χ4n) is 1.09. The molecule has 1 N–H and O–H groups in total. The number of aliphatic carboxylic acids is 1. The molecule has 0 unspecified atom stereocenters. The Morgan fingerprint density at radius 2 is 2.00 bits per heavy atom. The Morgan fingerprint density at radius 3 is 2.29 bits per heavy atom. The van der Waals surface area contributed by atoms with Crippen molar-refractivity contribution in [3.8, 4) is 0 Å². The number of hydrogen-bond acceptors (Lipinski definition) is 2. The first-order chi connectivity index (χ1) is 6.23. The van der Waals surface area contributed by atoms with E-state index in [2.05, 4.69) is 48.2 Å². The summed E-state index contributed by atoms with van der Waals surface area (Å²) in [4.78, 5) is 12.5. The average molecular weight is 264 g/mol. The smallest absolute Gasteiger partial charge is 0.304 e. The van der Waals surface area contributed by atoms with E-state index in [1.165, 1.54) is 0 Å². The fourth-order valence-corrected chi connectivity index (χ4v) is 1.39. The van der Waals surface area contributed by atoms with E-state index in [0.29, 0.717) is 13.1 Å². The molecule has 0 radical (unpaired) electrons. The SMILES string of the molecule is C=C(Br)CN(CCC(=O)O)C(C)(C)C. The molecule has 82 valence electrons. The number of carboxylic acid groups (broad SMARTS) is 1. The molecule has 0 saturated heterocycles. The minimum Gasteiger partial charge on any atom is -0.481 e. The molecule has 0 atom stereocenters. The number of hydrogen-bond donors (Lipinski definition) is 1. The molecule has 0 amide bonds. The summed E-state index contributed by atoms with van der Waals surface area (Å²) in [6.45, 7) is 11.2. The van der Waals surface area contributed by atoms with Gasteiger partial charge in [-0.15, -0.1) is 0 Å². The summed E-state index contributed by atoms with van der Waals surface area (Å²) in [6.07, 6.45) is 0.164. The van der Waals surface area contributed by atoms with Crippen LogP contribution in [0.3, 0.4) is 0 Å². The predicted molar refractivity (Wildman–Crippen MR) is 61.6 cm³/mol. The normalized spacial score (nSPS) is 11.8. The van der Waals surface area contributed by atoms with Crippen LogP contribution < -0.4 is 0 Å². The van der Waals surface area contributed by atoms with Crippen LogP contribution in [-0.4, -0.2) is 34.6 Å². The van der Waals surface area contributed by atoms with Crippen LogP contribution in [0.2, 0.25) is 0 Å². The number of nitrogens with zero attached hydrogens (tertiary/aromatic N) is 1. The highest BCUT2D eigenvalue weighted by molar-refractivity contribution is 9.11. The van der Waals surface area contributed by atoms with Gasteiger partial charge in [0.25, 0.3) is 0 Å². The second kappa shape index (κ2) is 5.51. The van der Waals surface area contributed by atoms with Gasteiger partial charge in [-0.3, -0.25) is 9.69 Å². The largest absolute Gasteiger partial charge is 0.481 e. The molecule has 0 aliphatic heterocycles. The van der Waals surface area contributed by atoms with Gasteiger partial charge in [0.15, 0.2) is 0 Å². The van der Waals surface area contributed by atoms with Crippen molar-refractivity contribution in [1.29, 1.82) is 0 Å². The Balaban J connectivity index is 4.26. The third kappa shape index (κ3) is 6.16. The molecule has 0 rings (SSSR count). The fraction of sp³-hybridized carbons (Fsp3) is 0.700. The van der Waals surface area contributed by atoms with Gasteiger partial charge in [-0.2, -0.15) is 0 Å². The summed E-state index contributed by atoms with van der Waals surface area (Å²) in [7, 11) is 0. The highest BCUT2D eigenvalue weighted by Gasteiger charge is 2.21. The highest BCUT2D eigenvalue weighted by atomic mass is 79.9. The standard InChI is InChI=1S/C10H18BrNO2/c1-8(11)7-12(10(2,3)4)6-5-9(13)14/h1,5-7H2,2-4H3,(H,13,14). The summed E-state index contributed by atoms with van der Waals surface area (Å²) < 4.78 is 0.873. The van der Waals surface area contributed by atoms with E-state index in [0.717, 1.165) is 4.48 Å². The molecule has 0 aliphatic carbocycles. The average Bonchev–Trinajstić information content (AvgIpc) is 1.94. The zero-order valence-corrected chi connectivity index (χ0v) is 10.6.